The van der Waals surface area contributed by atoms with Crippen LogP contribution in [0.15, 0.2) is 0 Å². The largest absolute Gasteiger partial charge is 0.500 e. The highest BCUT2D eigenvalue weighted by Crippen LogP contribution is 2.55. The van der Waals surface area contributed by atoms with Gasteiger partial charge in [0.05, 0.1) is 0 Å². The van der Waals surface area contributed by atoms with E-state index in [9.17, 15) is 39.5 Å². The molecule has 1 atom stereocenters. The predicted molar refractivity (Wildman–Crippen MR) is 85.0 cm³/mol. The van der Waals surface area contributed by atoms with E-state index in [1.807, 2.05) is 0 Å². The molecule has 0 rings (SSSR count). The van der Waals surface area contributed by atoms with Crippen LogP contribution in [0.4, 0.5) is 39.5 Å². The van der Waals surface area contributed by atoms with Gasteiger partial charge in [0.25, 0.3) is 0 Å². The molecular formula is C15H25F9O3Si. The minimum absolute atomic E-state index is 0.0530. The third kappa shape index (κ3) is 5.54. The predicted octanol–water partition coefficient (Wildman–Crippen LogP) is 5.71. The monoisotopic (exact) mass is 452 g/mol. The van der Waals surface area contributed by atoms with Gasteiger partial charge in [0, 0.05) is 32.3 Å². The van der Waals surface area contributed by atoms with Crippen LogP contribution in [0.5, 0.6) is 0 Å². The van der Waals surface area contributed by atoms with Crippen LogP contribution in [-0.4, -0.2) is 58.5 Å². The second-order valence-corrected chi connectivity index (χ2v) is 8.66. The fraction of sp³-hybridized carbons (Fsp3) is 1.00. The van der Waals surface area contributed by atoms with E-state index < -0.39 is 57.6 Å². The first-order chi connectivity index (χ1) is 12.6. The van der Waals surface area contributed by atoms with E-state index in [2.05, 4.69) is 0 Å². The molecular weight excluding hydrogens is 427 g/mol. The van der Waals surface area contributed by atoms with Gasteiger partial charge in [-0.05, 0) is 34.1 Å². The molecule has 0 radical (unpaired) electrons. The van der Waals surface area contributed by atoms with E-state index in [1.165, 1.54) is 0 Å². The first-order valence-corrected chi connectivity index (χ1v) is 10.6. The van der Waals surface area contributed by atoms with Gasteiger partial charge in [0.15, 0.2) is 6.17 Å². The Kier molecular flexibility index (Phi) is 9.79. The topological polar surface area (TPSA) is 27.7 Å². The zero-order valence-corrected chi connectivity index (χ0v) is 16.9. The summed E-state index contributed by atoms with van der Waals surface area (Å²) < 4.78 is 137. The molecule has 0 spiro atoms. The highest BCUT2D eigenvalue weighted by Gasteiger charge is 2.81. The van der Waals surface area contributed by atoms with Crippen molar-refractivity contribution < 1.29 is 52.8 Å². The summed E-state index contributed by atoms with van der Waals surface area (Å²) in [6, 6.07) is -0.421. The third-order valence-corrected chi connectivity index (χ3v) is 6.99. The number of halogens is 9. The van der Waals surface area contributed by atoms with Crippen LogP contribution in [0.2, 0.25) is 6.04 Å². The smallest absolute Gasteiger partial charge is 0.374 e. The molecule has 0 aliphatic heterocycles. The van der Waals surface area contributed by atoms with Crippen molar-refractivity contribution >= 4 is 8.80 Å². The molecule has 0 bridgehead atoms. The van der Waals surface area contributed by atoms with E-state index >= 15 is 0 Å². The molecule has 3 nitrogen and oxygen atoms in total. The lowest BCUT2D eigenvalue weighted by Gasteiger charge is -2.37. The van der Waals surface area contributed by atoms with E-state index in [0.717, 1.165) is 0 Å². The fourth-order valence-corrected chi connectivity index (χ4v) is 4.99. The Hall–Kier alpha value is -0.533. The van der Waals surface area contributed by atoms with Gasteiger partial charge in [-0.3, -0.25) is 0 Å². The lowest BCUT2D eigenvalue weighted by Crippen LogP contribution is -2.64. The second kappa shape index (κ2) is 9.98. The van der Waals surface area contributed by atoms with Gasteiger partial charge < -0.3 is 13.3 Å². The molecule has 0 heterocycles. The highest BCUT2D eigenvalue weighted by atomic mass is 28.4. The summed E-state index contributed by atoms with van der Waals surface area (Å²) in [5.41, 5.74) is 0. The molecule has 0 fully saturated rings. The summed E-state index contributed by atoms with van der Waals surface area (Å²) in [6.07, 6.45) is -6.48. The molecule has 170 valence electrons. The number of hydrogen-bond acceptors (Lipinski definition) is 3. The zero-order chi connectivity index (χ0) is 22.4. The van der Waals surface area contributed by atoms with Crippen LogP contribution in [0.25, 0.3) is 0 Å². The summed E-state index contributed by atoms with van der Waals surface area (Å²) in [5.74, 6) is -24.6. The Morgan fingerprint density at radius 1 is 0.750 bits per heavy atom. The molecule has 28 heavy (non-hydrogen) atoms. The highest BCUT2D eigenvalue weighted by molar-refractivity contribution is 6.60. The maximum absolute atomic E-state index is 13.8. The minimum atomic E-state index is -6.61. The minimum Gasteiger partial charge on any atom is -0.374 e. The SMILES string of the molecule is CCO[Si](CCCC(F)(F)C(F)(F)C(F)(F)C(F)(F)C(C)F)(OCC)OCC. The Morgan fingerprint density at radius 3 is 1.46 bits per heavy atom. The molecule has 0 N–H and O–H groups in total. The second-order valence-electron chi connectivity index (χ2n) is 5.93. The number of hydrogen-bond donors (Lipinski definition) is 0. The van der Waals surface area contributed by atoms with Crippen molar-refractivity contribution in [1.29, 1.82) is 0 Å². The summed E-state index contributed by atoms with van der Waals surface area (Å²) >= 11 is 0. The van der Waals surface area contributed by atoms with E-state index in [0.29, 0.717) is 0 Å². The molecule has 0 saturated heterocycles. The van der Waals surface area contributed by atoms with Gasteiger partial charge in [-0.15, -0.1) is 0 Å². The maximum atomic E-state index is 13.8. The zero-order valence-electron chi connectivity index (χ0n) is 15.9. The van der Waals surface area contributed by atoms with Gasteiger partial charge in [-0.2, -0.15) is 35.1 Å². The average molecular weight is 452 g/mol. The molecule has 0 saturated carbocycles. The van der Waals surface area contributed by atoms with E-state index in [1.54, 1.807) is 20.8 Å². The van der Waals surface area contributed by atoms with Crippen molar-refractivity contribution in [2.45, 2.75) is 76.4 Å². The summed E-state index contributed by atoms with van der Waals surface area (Å²) in [6.45, 7) is 4.68. The Bertz CT molecular complexity index is 459. The normalized spacial score (nSPS) is 15.8. The Balaban J connectivity index is 5.44. The van der Waals surface area contributed by atoms with Gasteiger partial charge in [0.2, 0.25) is 0 Å². The molecule has 0 aliphatic carbocycles. The van der Waals surface area contributed by atoms with E-state index in [-0.39, 0.29) is 26.7 Å². The standard InChI is InChI=1S/C15H25F9O3Si/c1-5-25-28(26-6-2,27-7-3)10-8-9-12(17,18)14(21,22)15(23,24)13(19,20)11(4)16/h11H,5-10H2,1-4H3. The first kappa shape index (κ1) is 27.5. The third-order valence-electron chi connectivity index (χ3n) is 3.84. The molecule has 0 aromatic heterocycles. The molecule has 0 aromatic rings. The summed E-state index contributed by atoms with van der Waals surface area (Å²) in [4.78, 5) is 0. The Labute approximate surface area is 158 Å². The van der Waals surface area contributed by atoms with Crippen LogP contribution in [0, 0.1) is 0 Å². The molecule has 0 aromatic carbocycles. The summed E-state index contributed by atoms with van der Waals surface area (Å²) in [5, 5.41) is 0. The molecule has 13 heteroatoms. The van der Waals surface area contributed by atoms with Crippen molar-refractivity contribution in [3.63, 3.8) is 0 Å². The number of rotatable bonds is 14. The van der Waals surface area contributed by atoms with Crippen molar-refractivity contribution in [2.75, 3.05) is 19.8 Å². The fourth-order valence-electron chi connectivity index (χ4n) is 2.37. The van der Waals surface area contributed by atoms with Crippen molar-refractivity contribution in [3.8, 4) is 0 Å². The first-order valence-electron chi connectivity index (χ1n) is 8.65. The van der Waals surface area contributed by atoms with Crippen molar-refractivity contribution in [1.82, 2.24) is 0 Å². The molecule has 1 unspecified atom stereocenters. The Morgan fingerprint density at radius 2 is 1.14 bits per heavy atom. The maximum Gasteiger partial charge on any atom is 0.500 e. The van der Waals surface area contributed by atoms with Crippen LogP contribution in [0.3, 0.4) is 0 Å². The number of alkyl halides is 9. The van der Waals surface area contributed by atoms with Crippen LogP contribution < -0.4 is 0 Å². The van der Waals surface area contributed by atoms with E-state index in [4.69, 9.17) is 13.3 Å². The lowest BCUT2D eigenvalue weighted by molar-refractivity contribution is -0.375. The van der Waals surface area contributed by atoms with Crippen LogP contribution in [-0.2, 0) is 13.3 Å². The van der Waals surface area contributed by atoms with Gasteiger partial charge in [-0.1, -0.05) is 0 Å². The average Bonchev–Trinajstić information content (AvgIpc) is 2.54. The van der Waals surface area contributed by atoms with Crippen LogP contribution in [0.1, 0.15) is 40.5 Å². The quantitative estimate of drug-likeness (QED) is 0.250. The van der Waals surface area contributed by atoms with Crippen LogP contribution >= 0.6 is 0 Å². The van der Waals surface area contributed by atoms with Gasteiger partial charge in [0.1, 0.15) is 0 Å². The summed E-state index contributed by atoms with van der Waals surface area (Å²) in [7, 11) is -3.53. The van der Waals surface area contributed by atoms with Crippen molar-refractivity contribution in [2.24, 2.45) is 0 Å². The molecule has 0 amide bonds. The lowest BCUT2D eigenvalue weighted by atomic mass is 9.94. The van der Waals surface area contributed by atoms with Crippen molar-refractivity contribution in [3.05, 3.63) is 0 Å². The molecule has 0 aliphatic rings. The van der Waals surface area contributed by atoms with Gasteiger partial charge in [-0.25, -0.2) is 4.39 Å². The van der Waals surface area contributed by atoms with Gasteiger partial charge >= 0.3 is 32.5 Å².